The van der Waals surface area contributed by atoms with Gasteiger partial charge in [0.2, 0.25) is 0 Å². The van der Waals surface area contributed by atoms with Crippen molar-refractivity contribution in [1.82, 2.24) is 0 Å². The number of allylic oxidation sites excluding steroid dienone is 1. The van der Waals surface area contributed by atoms with Gasteiger partial charge in [-0.1, -0.05) is 11.6 Å². The Morgan fingerprint density at radius 3 is 2.52 bits per heavy atom. The zero-order valence-corrected chi connectivity index (χ0v) is 16.2. The Hall–Kier alpha value is -3.12. The number of ether oxygens (including phenoxy) is 2. The summed E-state index contributed by atoms with van der Waals surface area (Å²) in [5, 5.41) is 0.670. The molecule has 2 aromatic carbocycles. The van der Waals surface area contributed by atoms with E-state index < -0.39 is 6.61 Å². The van der Waals surface area contributed by atoms with Crippen molar-refractivity contribution < 1.29 is 27.5 Å². The van der Waals surface area contributed by atoms with Gasteiger partial charge in [-0.25, -0.2) is 0 Å². The Bertz CT molecular complexity index is 1010. The Morgan fingerprint density at radius 2 is 1.83 bits per heavy atom. The maximum atomic E-state index is 12.2. The van der Waals surface area contributed by atoms with Gasteiger partial charge in [0.05, 0.1) is 0 Å². The second-order valence-corrected chi connectivity index (χ2v) is 6.51. The average molecular weight is 419 g/mol. The van der Waals surface area contributed by atoms with Crippen LogP contribution in [0, 0.1) is 6.92 Å². The van der Waals surface area contributed by atoms with E-state index in [1.165, 1.54) is 36.4 Å². The van der Waals surface area contributed by atoms with E-state index in [1.54, 1.807) is 24.3 Å². The predicted molar refractivity (Wildman–Crippen MR) is 106 cm³/mol. The van der Waals surface area contributed by atoms with Crippen molar-refractivity contribution in [3.63, 3.8) is 0 Å². The molecule has 3 aromatic rings. The Kier molecular flexibility index (Phi) is 6.67. The third-order valence-electron chi connectivity index (χ3n) is 3.96. The first-order chi connectivity index (χ1) is 13.9. The van der Waals surface area contributed by atoms with Crippen molar-refractivity contribution in [2.24, 2.45) is 0 Å². The number of benzene rings is 2. The molecule has 0 unspecified atom stereocenters. The van der Waals surface area contributed by atoms with Gasteiger partial charge < -0.3 is 13.9 Å². The Labute approximate surface area is 171 Å². The van der Waals surface area contributed by atoms with Crippen LogP contribution in [0.25, 0.3) is 6.08 Å². The number of aryl methyl sites for hydroxylation is 1. The van der Waals surface area contributed by atoms with Gasteiger partial charge in [0, 0.05) is 10.6 Å². The van der Waals surface area contributed by atoms with Crippen molar-refractivity contribution in [1.29, 1.82) is 0 Å². The molecular formula is C22H17ClF2O4. The van der Waals surface area contributed by atoms with Crippen molar-refractivity contribution >= 4 is 23.5 Å². The molecule has 0 N–H and O–H groups in total. The fourth-order valence-corrected chi connectivity index (χ4v) is 2.60. The van der Waals surface area contributed by atoms with E-state index in [9.17, 15) is 13.6 Å². The molecule has 0 atom stereocenters. The van der Waals surface area contributed by atoms with Gasteiger partial charge in [-0.3, -0.25) is 4.79 Å². The van der Waals surface area contributed by atoms with Crippen LogP contribution in [0.2, 0.25) is 5.02 Å². The highest BCUT2D eigenvalue weighted by Gasteiger charge is 2.07. The normalized spacial score (nSPS) is 11.2. The summed E-state index contributed by atoms with van der Waals surface area (Å²) in [6, 6.07) is 14.3. The smallest absolute Gasteiger partial charge is 0.387 e. The second-order valence-electron chi connectivity index (χ2n) is 6.10. The predicted octanol–water partition coefficient (Wildman–Crippen LogP) is 6.32. The fraction of sp³-hybridized carbons (Fsp3) is 0.136. The lowest BCUT2D eigenvalue weighted by Gasteiger charge is -2.06. The molecule has 29 heavy (non-hydrogen) atoms. The van der Waals surface area contributed by atoms with Gasteiger partial charge in [-0.2, -0.15) is 8.78 Å². The van der Waals surface area contributed by atoms with Gasteiger partial charge in [-0.15, -0.1) is 0 Å². The molecule has 1 aromatic heterocycles. The van der Waals surface area contributed by atoms with E-state index in [4.69, 9.17) is 20.8 Å². The number of ketones is 1. The quantitative estimate of drug-likeness (QED) is 0.317. The molecule has 0 spiro atoms. The first kappa shape index (κ1) is 20.6. The minimum absolute atomic E-state index is 0.00733. The Morgan fingerprint density at radius 1 is 1.10 bits per heavy atom. The number of carbonyl (C=O) groups is 1. The fourth-order valence-electron chi connectivity index (χ4n) is 2.48. The molecule has 150 valence electrons. The molecule has 0 aliphatic carbocycles. The highest BCUT2D eigenvalue weighted by atomic mass is 35.5. The molecule has 0 fully saturated rings. The van der Waals surface area contributed by atoms with Crippen molar-refractivity contribution in [3.8, 4) is 11.5 Å². The maximum absolute atomic E-state index is 12.2. The van der Waals surface area contributed by atoms with E-state index in [2.05, 4.69) is 4.74 Å². The lowest BCUT2D eigenvalue weighted by Crippen LogP contribution is -2.02. The zero-order valence-electron chi connectivity index (χ0n) is 15.4. The summed E-state index contributed by atoms with van der Waals surface area (Å²) < 4.78 is 39.8. The molecule has 0 saturated carbocycles. The molecule has 0 saturated heterocycles. The minimum Gasteiger partial charge on any atom is -0.486 e. The van der Waals surface area contributed by atoms with Crippen molar-refractivity contribution in [2.45, 2.75) is 20.1 Å². The van der Waals surface area contributed by atoms with E-state index >= 15 is 0 Å². The largest absolute Gasteiger partial charge is 0.486 e. The molecule has 3 rings (SSSR count). The summed E-state index contributed by atoms with van der Waals surface area (Å²) in [6.07, 6.45) is 2.87. The molecule has 0 aliphatic heterocycles. The van der Waals surface area contributed by atoms with Gasteiger partial charge in [-0.05, 0) is 79.2 Å². The van der Waals surface area contributed by atoms with E-state index in [-0.39, 0.29) is 18.1 Å². The minimum atomic E-state index is -2.91. The van der Waals surface area contributed by atoms with Gasteiger partial charge in [0.15, 0.2) is 5.78 Å². The van der Waals surface area contributed by atoms with E-state index in [0.717, 1.165) is 5.56 Å². The van der Waals surface area contributed by atoms with Crippen LogP contribution >= 0.6 is 11.6 Å². The summed E-state index contributed by atoms with van der Waals surface area (Å²) in [6.45, 7) is -0.784. The monoisotopic (exact) mass is 418 g/mol. The number of carbonyl (C=O) groups excluding carboxylic acids is 1. The topological polar surface area (TPSA) is 48.7 Å². The van der Waals surface area contributed by atoms with Crippen LogP contribution in [0.15, 0.2) is 65.1 Å². The number of alkyl halides is 2. The molecule has 0 aliphatic rings. The third kappa shape index (κ3) is 5.93. The molecule has 7 heteroatoms. The van der Waals surface area contributed by atoms with Gasteiger partial charge >= 0.3 is 6.61 Å². The van der Waals surface area contributed by atoms with Crippen LogP contribution in [0.4, 0.5) is 8.78 Å². The summed E-state index contributed by atoms with van der Waals surface area (Å²) in [5.41, 5.74) is 1.26. The molecule has 0 radical (unpaired) electrons. The number of hydrogen-bond donors (Lipinski definition) is 0. The van der Waals surface area contributed by atoms with Gasteiger partial charge in [0.1, 0.15) is 29.6 Å². The molecule has 1 heterocycles. The van der Waals surface area contributed by atoms with E-state index in [1.807, 2.05) is 13.0 Å². The molecular weight excluding hydrogens is 402 g/mol. The maximum Gasteiger partial charge on any atom is 0.387 e. The Balaban J connectivity index is 1.56. The molecule has 4 nitrogen and oxygen atoms in total. The summed E-state index contributed by atoms with van der Waals surface area (Å²) in [4.78, 5) is 12.2. The lowest BCUT2D eigenvalue weighted by molar-refractivity contribution is -0.0498. The van der Waals surface area contributed by atoms with Crippen LogP contribution < -0.4 is 9.47 Å². The summed E-state index contributed by atoms with van der Waals surface area (Å²) in [7, 11) is 0. The number of hydrogen-bond acceptors (Lipinski definition) is 4. The average Bonchev–Trinajstić information content (AvgIpc) is 3.15. The number of rotatable bonds is 8. The lowest BCUT2D eigenvalue weighted by atomic mass is 10.1. The number of furan rings is 1. The standard InChI is InChI=1S/C22H17ClF2O4/c1-14-12-18(8-10-20(14)23)27-13-19-7-6-16(28-19)9-11-21(26)15-2-4-17(5-3-15)29-22(24)25/h2-12,22H,13H2,1H3/b11-9+. The van der Waals surface area contributed by atoms with Crippen molar-refractivity contribution in [2.75, 3.05) is 0 Å². The SMILES string of the molecule is Cc1cc(OCc2ccc(/C=C/C(=O)c3ccc(OC(F)F)cc3)o2)ccc1Cl. The third-order valence-corrected chi connectivity index (χ3v) is 4.38. The number of halogens is 3. The summed E-state index contributed by atoms with van der Waals surface area (Å²) in [5.74, 6) is 1.46. The van der Waals surface area contributed by atoms with Crippen LogP contribution in [0.5, 0.6) is 11.5 Å². The molecule has 0 amide bonds. The highest BCUT2D eigenvalue weighted by Crippen LogP contribution is 2.22. The van der Waals surface area contributed by atoms with Crippen LogP contribution in [0.3, 0.4) is 0 Å². The van der Waals surface area contributed by atoms with Crippen LogP contribution in [-0.2, 0) is 6.61 Å². The van der Waals surface area contributed by atoms with Crippen LogP contribution in [0.1, 0.15) is 27.4 Å². The second kappa shape index (κ2) is 9.39. The summed E-state index contributed by atoms with van der Waals surface area (Å²) >= 11 is 5.99. The highest BCUT2D eigenvalue weighted by molar-refractivity contribution is 6.31. The van der Waals surface area contributed by atoms with Gasteiger partial charge in [0.25, 0.3) is 0 Å². The van der Waals surface area contributed by atoms with E-state index in [0.29, 0.717) is 27.9 Å². The first-order valence-electron chi connectivity index (χ1n) is 8.65. The first-order valence-corrected chi connectivity index (χ1v) is 9.03. The van der Waals surface area contributed by atoms with Crippen molar-refractivity contribution in [3.05, 3.63) is 88.3 Å². The van der Waals surface area contributed by atoms with Crippen LogP contribution in [-0.4, -0.2) is 12.4 Å². The molecule has 0 bridgehead atoms. The zero-order chi connectivity index (χ0) is 20.8.